The molecule has 0 bridgehead atoms. The number of hydrogen-bond donors (Lipinski definition) is 2. The lowest BCUT2D eigenvalue weighted by Crippen LogP contribution is -2.33. The largest absolute Gasteiger partial charge is 0.454 e. The van der Waals surface area contributed by atoms with Gasteiger partial charge < -0.3 is 29.9 Å². The number of ether oxygens (including phenoxy) is 2. The molecule has 8 nitrogen and oxygen atoms in total. The highest BCUT2D eigenvalue weighted by Crippen LogP contribution is 2.32. The number of thiocarbonyl (C=S) groups is 1. The van der Waals surface area contributed by atoms with Crippen molar-refractivity contribution < 1.29 is 9.47 Å². The maximum Gasteiger partial charge on any atom is 0.232 e. The van der Waals surface area contributed by atoms with E-state index in [-0.39, 0.29) is 6.79 Å². The van der Waals surface area contributed by atoms with Gasteiger partial charge in [-0.2, -0.15) is 9.97 Å². The van der Waals surface area contributed by atoms with Gasteiger partial charge in [-0.25, -0.2) is 0 Å². The van der Waals surface area contributed by atoms with Crippen LogP contribution in [0.1, 0.15) is 29.5 Å². The summed E-state index contributed by atoms with van der Waals surface area (Å²) in [6.45, 7) is 4.64. The van der Waals surface area contributed by atoms with Crippen molar-refractivity contribution in [3.8, 4) is 11.5 Å². The van der Waals surface area contributed by atoms with Crippen LogP contribution in [0.25, 0.3) is 0 Å². The summed E-state index contributed by atoms with van der Waals surface area (Å²) in [5.74, 6) is 3.93. The molecule has 2 N–H and O–H groups in total. The fourth-order valence-electron chi connectivity index (χ4n) is 4.82. The number of anilines is 3. The molecule has 9 heteroatoms. The second-order valence-corrected chi connectivity index (χ2v) is 9.45. The van der Waals surface area contributed by atoms with Gasteiger partial charge in [-0.05, 0) is 60.3 Å². The number of aromatic nitrogens is 2. The van der Waals surface area contributed by atoms with Crippen molar-refractivity contribution in [2.75, 3.05) is 41.5 Å². The third kappa shape index (κ3) is 4.81. The fourth-order valence-corrected chi connectivity index (χ4v) is 4.98. The molecule has 0 atom stereocenters. The molecule has 6 rings (SSSR count). The average molecular weight is 489 g/mol. The number of nitrogens with one attached hydrogen (secondary N) is 2. The molecule has 180 valence electrons. The van der Waals surface area contributed by atoms with Crippen molar-refractivity contribution >= 4 is 34.9 Å². The average Bonchev–Trinajstić information content (AvgIpc) is 3.59. The van der Waals surface area contributed by atoms with Crippen molar-refractivity contribution in [3.63, 3.8) is 0 Å². The first-order chi connectivity index (χ1) is 17.2. The number of fused-ring (bicyclic) bond motifs is 2. The number of nitrogens with zero attached hydrogens (tertiary/aromatic N) is 4. The van der Waals surface area contributed by atoms with Crippen LogP contribution in [0.2, 0.25) is 0 Å². The minimum Gasteiger partial charge on any atom is -0.454 e. The molecule has 4 heterocycles. The first kappa shape index (κ1) is 21.9. The molecule has 0 amide bonds. The predicted octanol–water partition coefficient (Wildman–Crippen LogP) is 3.85. The first-order valence-electron chi connectivity index (χ1n) is 12.1. The highest BCUT2D eigenvalue weighted by Gasteiger charge is 2.22. The topological polar surface area (TPSA) is 74.8 Å². The molecule has 0 spiro atoms. The number of benzene rings is 2. The highest BCUT2D eigenvalue weighted by molar-refractivity contribution is 7.80. The molecule has 1 aromatic heterocycles. The van der Waals surface area contributed by atoms with Gasteiger partial charge >= 0.3 is 0 Å². The normalized spacial score (nSPS) is 16.2. The fraction of sp³-hybridized carbons (Fsp3) is 0.346. The first-order valence-corrected chi connectivity index (χ1v) is 12.5. The van der Waals surface area contributed by atoms with Gasteiger partial charge in [-0.15, -0.1) is 0 Å². The van der Waals surface area contributed by atoms with E-state index in [4.69, 9.17) is 31.7 Å². The van der Waals surface area contributed by atoms with Crippen molar-refractivity contribution in [3.05, 3.63) is 65.2 Å². The molecule has 3 aromatic rings. The van der Waals surface area contributed by atoms with Crippen LogP contribution in [-0.2, 0) is 19.5 Å². The lowest BCUT2D eigenvalue weighted by molar-refractivity contribution is 0.174. The minimum atomic E-state index is 0.266. The lowest BCUT2D eigenvalue weighted by Gasteiger charge is -2.30. The van der Waals surface area contributed by atoms with E-state index in [1.54, 1.807) is 0 Å². The summed E-state index contributed by atoms with van der Waals surface area (Å²) in [4.78, 5) is 14.3. The molecule has 3 aliphatic heterocycles. The van der Waals surface area contributed by atoms with Crippen molar-refractivity contribution in [1.29, 1.82) is 0 Å². The van der Waals surface area contributed by atoms with Crippen LogP contribution in [0, 0.1) is 0 Å². The zero-order valence-electron chi connectivity index (χ0n) is 19.5. The van der Waals surface area contributed by atoms with Crippen LogP contribution in [0.5, 0.6) is 11.5 Å². The summed E-state index contributed by atoms with van der Waals surface area (Å²) in [5, 5.41) is 6.95. The minimum absolute atomic E-state index is 0.266. The zero-order chi connectivity index (χ0) is 23.6. The molecule has 3 aliphatic rings. The predicted molar refractivity (Wildman–Crippen MR) is 140 cm³/mol. The Balaban J connectivity index is 1.18. The number of hydrogen-bond acceptors (Lipinski definition) is 7. The Kier molecular flexibility index (Phi) is 5.99. The molecule has 1 fully saturated rings. The van der Waals surface area contributed by atoms with Crippen LogP contribution in [0.3, 0.4) is 0 Å². The van der Waals surface area contributed by atoms with E-state index in [9.17, 15) is 0 Å². The quantitative estimate of drug-likeness (QED) is 0.521. The van der Waals surface area contributed by atoms with Gasteiger partial charge in [0.25, 0.3) is 0 Å². The summed E-state index contributed by atoms with van der Waals surface area (Å²) in [7, 11) is 0. The molecule has 0 saturated carbocycles. The second-order valence-electron chi connectivity index (χ2n) is 9.04. The Bertz CT molecular complexity index is 1250. The van der Waals surface area contributed by atoms with Crippen LogP contribution in [0.15, 0.2) is 48.5 Å². The maximum atomic E-state index is 5.58. The van der Waals surface area contributed by atoms with E-state index in [2.05, 4.69) is 50.8 Å². The lowest BCUT2D eigenvalue weighted by atomic mass is 10.00. The molecular formula is C26H28N6O2S. The standard InChI is InChI=1S/C26H28N6O2S/c35-26(27-15-18-7-8-21-22(13-18)34-17-33-21)30-25-28-23(31-10-3-4-11-31)14-24(29-25)32-12-9-19-5-1-2-6-20(19)16-32/h1-2,5-8,13-14H,3-4,9-12,15-17H2,(H2,27,28,29,30,35). The van der Waals surface area contributed by atoms with E-state index in [1.807, 2.05) is 18.2 Å². The Hall–Kier alpha value is -3.59. The summed E-state index contributed by atoms with van der Waals surface area (Å²) < 4.78 is 10.9. The Morgan fingerprint density at radius 3 is 2.51 bits per heavy atom. The van der Waals surface area contributed by atoms with Crippen LogP contribution in [0.4, 0.5) is 17.6 Å². The van der Waals surface area contributed by atoms with E-state index >= 15 is 0 Å². The maximum absolute atomic E-state index is 5.58. The van der Waals surface area contributed by atoms with Gasteiger partial charge in [0.2, 0.25) is 12.7 Å². The van der Waals surface area contributed by atoms with Gasteiger partial charge in [0.1, 0.15) is 11.6 Å². The summed E-state index contributed by atoms with van der Waals surface area (Å²) >= 11 is 5.58. The molecular weight excluding hydrogens is 460 g/mol. The van der Waals surface area contributed by atoms with E-state index in [0.29, 0.717) is 17.6 Å². The van der Waals surface area contributed by atoms with Gasteiger partial charge in [0.15, 0.2) is 16.6 Å². The van der Waals surface area contributed by atoms with Gasteiger partial charge in [-0.3, -0.25) is 0 Å². The van der Waals surface area contributed by atoms with Crippen molar-refractivity contribution in [1.82, 2.24) is 15.3 Å². The SMILES string of the molecule is S=C(NCc1ccc2c(c1)OCO2)Nc1nc(N2CCCC2)cc(N2CCc3ccccc3C2)n1. The highest BCUT2D eigenvalue weighted by atomic mass is 32.1. The van der Waals surface area contributed by atoms with Gasteiger partial charge in [0, 0.05) is 38.8 Å². The molecule has 0 radical (unpaired) electrons. The van der Waals surface area contributed by atoms with Crippen LogP contribution < -0.4 is 29.9 Å². The molecule has 0 unspecified atom stereocenters. The smallest absolute Gasteiger partial charge is 0.232 e. The second kappa shape index (κ2) is 9.58. The number of rotatable bonds is 5. The zero-order valence-corrected chi connectivity index (χ0v) is 20.3. The Morgan fingerprint density at radius 2 is 1.66 bits per heavy atom. The Labute approximate surface area is 210 Å². The van der Waals surface area contributed by atoms with Crippen LogP contribution in [-0.4, -0.2) is 41.5 Å². The van der Waals surface area contributed by atoms with Crippen LogP contribution >= 0.6 is 12.2 Å². The monoisotopic (exact) mass is 488 g/mol. The van der Waals surface area contributed by atoms with Crippen molar-refractivity contribution in [2.45, 2.75) is 32.4 Å². The summed E-state index contributed by atoms with van der Waals surface area (Å²) in [6.07, 6.45) is 3.39. The molecule has 1 saturated heterocycles. The van der Waals surface area contributed by atoms with Gasteiger partial charge in [0.05, 0.1) is 0 Å². The molecule has 2 aromatic carbocycles. The summed E-state index contributed by atoms with van der Waals surface area (Å²) in [5.41, 5.74) is 3.83. The van der Waals surface area contributed by atoms with E-state index in [0.717, 1.165) is 61.3 Å². The third-order valence-electron chi connectivity index (χ3n) is 6.70. The molecule has 0 aliphatic carbocycles. The Morgan fingerprint density at radius 1 is 0.886 bits per heavy atom. The van der Waals surface area contributed by atoms with Crippen molar-refractivity contribution in [2.24, 2.45) is 0 Å². The van der Waals surface area contributed by atoms with Gasteiger partial charge in [-0.1, -0.05) is 30.3 Å². The van der Waals surface area contributed by atoms with E-state index < -0.39 is 0 Å². The summed E-state index contributed by atoms with van der Waals surface area (Å²) in [6, 6.07) is 16.7. The third-order valence-corrected chi connectivity index (χ3v) is 6.95. The van der Waals surface area contributed by atoms with E-state index in [1.165, 1.54) is 24.0 Å². The molecule has 35 heavy (non-hydrogen) atoms.